The molecule has 0 atom stereocenters. The first-order valence-corrected chi connectivity index (χ1v) is 6.01. The lowest BCUT2D eigenvalue weighted by Crippen LogP contribution is -2.19. The zero-order valence-electron chi connectivity index (χ0n) is 11.6. The lowest BCUT2D eigenvalue weighted by Gasteiger charge is -2.19. The highest BCUT2D eigenvalue weighted by molar-refractivity contribution is 5.58. The van der Waals surface area contributed by atoms with Crippen LogP contribution in [-0.2, 0) is 0 Å². The van der Waals surface area contributed by atoms with Gasteiger partial charge in [-0.15, -0.1) is 0 Å². The Morgan fingerprint density at radius 1 is 0.895 bits per heavy atom. The summed E-state index contributed by atoms with van der Waals surface area (Å²) in [5.74, 6) is 1.78. The molecule has 1 N–H and O–H groups in total. The van der Waals surface area contributed by atoms with Gasteiger partial charge in [0.25, 0.3) is 0 Å². The van der Waals surface area contributed by atoms with Crippen LogP contribution in [-0.4, -0.2) is 43.1 Å². The van der Waals surface area contributed by atoms with Crippen molar-refractivity contribution in [1.82, 2.24) is 15.0 Å². The Bertz CT molecular complexity index is 540. The summed E-state index contributed by atoms with van der Waals surface area (Å²) in [6.45, 7) is 0. The molecule has 6 nitrogen and oxygen atoms in total. The molecule has 1 heterocycles. The van der Waals surface area contributed by atoms with Gasteiger partial charge in [0.15, 0.2) is 0 Å². The molecule has 0 saturated heterocycles. The normalized spacial score (nSPS) is 10.1. The summed E-state index contributed by atoms with van der Waals surface area (Å²) in [6.07, 6.45) is 0. The van der Waals surface area contributed by atoms with Crippen LogP contribution in [0.5, 0.6) is 0 Å². The van der Waals surface area contributed by atoms with Crippen LogP contribution in [0.4, 0.5) is 23.5 Å². The van der Waals surface area contributed by atoms with E-state index in [1.54, 1.807) is 7.05 Å². The molecule has 1 aromatic carbocycles. The first kappa shape index (κ1) is 13.1. The van der Waals surface area contributed by atoms with E-state index >= 15 is 0 Å². The van der Waals surface area contributed by atoms with E-state index in [9.17, 15) is 0 Å². The van der Waals surface area contributed by atoms with Gasteiger partial charge in [-0.25, -0.2) is 0 Å². The number of hydrogen-bond donors (Lipinski definition) is 1. The number of para-hydroxylation sites is 1. The summed E-state index contributed by atoms with van der Waals surface area (Å²) in [5.41, 5.74) is 1.03. The van der Waals surface area contributed by atoms with Gasteiger partial charge in [0.1, 0.15) is 0 Å². The van der Waals surface area contributed by atoms with E-state index in [1.807, 2.05) is 61.3 Å². The van der Waals surface area contributed by atoms with Crippen LogP contribution in [0.3, 0.4) is 0 Å². The van der Waals surface area contributed by atoms with Crippen LogP contribution in [0.1, 0.15) is 0 Å². The summed E-state index contributed by atoms with van der Waals surface area (Å²) >= 11 is 0. The van der Waals surface area contributed by atoms with Crippen LogP contribution >= 0.6 is 0 Å². The van der Waals surface area contributed by atoms with Crippen molar-refractivity contribution in [3.63, 3.8) is 0 Å². The molecular formula is C13H18N6. The van der Waals surface area contributed by atoms with Crippen LogP contribution in [0.15, 0.2) is 30.3 Å². The molecule has 6 heteroatoms. The first-order chi connectivity index (χ1) is 9.11. The predicted octanol–water partition coefficient (Wildman–Crippen LogP) is 1.75. The highest BCUT2D eigenvalue weighted by Crippen LogP contribution is 2.21. The van der Waals surface area contributed by atoms with Crippen molar-refractivity contribution in [2.24, 2.45) is 0 Å². The molecule has 0 saturated carbocycles. The standard InChI is InChI=1S/C13H18N6/c1-14-11-15-12(18(2)3)17-13(16-11)19(4)10-8-6-5-7-9-10/h5-9H,1-4H3,(H,14,15,16,17). The first-order valence-electron chi connectivity index (χ1n) is 6.01. The van der Waals surface area contributed by atoms with Gasteiger partial charge >= 0.3 is 0 Å². The van der Waals surface area contributed by atoms with Gasteiger partial charge in [-0.2, -0.15) is 15.0 Å². The second-order valence-electron chi connectivity index (χ2n) is 4.30. The average molecular weight is 258 g/mol. The molecule has 0 aliphatic rings. The van der Waals surface area contributed by atoms with E-state index in [0.717, 1.165) is 5.69 Å². The van der Waals surface area contributed by atoms with Crippen molar-refractivity contribution in [3.05, 3.63) is 30.3 Å². The molecule has 0 radical (unpaired) electrons. The minimum absolute atomic E-state index is 0.552. The molecule has 0 fully saturated rings. The van der Waals surface area contributed by atoms with E-state index in [4.69, 9.17) is 0 Å². The zero-order chi connectivity index (χ0) is 13.8. The molecule has 0 aliphatic carbocycles. The predicted molar refractivity (Wildman–Crippen MR) is 78.2 cm³/mol. The summed E-state index contributed by atoms with van der Waals surface area (Å²) < 4.78 is 0. The maximum Gasteiger partial charge on any atom is 0.236 e. The molecule has 1 aromatic heterocycles. The van der Waals surface area contributed by atoms with Gasteiger partial charge in [0.05, 0.1) is 0 Å². The molecule has 2 aromatic rings. The number of aromatic nitrogens is 3. The Hall–Kier alpha value is -2.37. The van der Waals surface area contributed by atoms with E-state index < -0.39 is 0 Å². The molecule has 19 heavy (non-hydrogen) atoms. The van der Waals surface area contributed by atoms with E-state index in [-0.39, 0.29) is 0 Å². The SMILES string of the molecule is CNc1nc(N(C)C)nc(N(C)c2ccccc2)n1. The number of nitrogens with zero attached hydrogens (tertiary/aromatic N) is 5. The van der Waals surface area contributed by atoms with Gasteiger partial charge in [-0.1, -0.05) is 18.2 Å². The second-order valence-corrected chi connectivity index (χ2v) is 4.30. The molecule has 100 valence electrons. The molecule has 2 rings (SSSR count). The molecule has 0 aliphatic heterocycles. The molecular weight excluding hydrogens is 240 g/mol. The molecule has 0 amide bonds. The summed E-state index contributed by atoms with van der Waals surface area (Å²) in [4.78, 5) is 16.9. The Balaban J connectivity index is 2.41. The maximum atomic E-state index is 4.45. The van der Waals surface area contributed by atoms with Crippen LogP contribution in [0, 0.1) is 0 Å². The average Bonchev–Trinajstić information content (AvgIpc) is 2.46. The summed E-state index contributed by atoms with van der Waals surface area (Å²) in [7, 11) is 7.53. The van der Waals surface area contributed by atoms with Gasteiger partial charge in [0.2, 0.25) is 17.8 Å². The molecule has 0 spiro atoms. The zero-order valence-corrected chi connectivity index (χ0v) is 11.6. The van der Waals surface area contributed by atoms with Crippen LogP contribution in [0.25, 0.3) is 0 Å². The van der Waals surface area contributed by atoms with Crippen LogP contribution < -0.4 is 15.1 Å². The van der Waals surface area contributed by atoms with Crippen molar-refractivity contribution in [2.75, 3.05) is 43.3 Å². The number of benzene rings is 1. The van der Waals surface area contributed by atoms with Gasteiger partial charge in [-0.05, 0) is 12.1 Å². The molecule has 0 unspecified atom stereocenters. The van der Waals surface area contributed by atoms with Crippen molar-refractivity contribution in [1.29, 1.82) is 0 Å². The number of hydrogen-bond acceptors (Lipinski definition) is 6. The Morgan fingerprint density at radius 3 is 2.11 bits per heavy atom. The number of anilines is 4. The lowest BCUT2D eigenvalue weighted by molar-refractivity contribution is 0.933. The fourth-order valence-electron chi connectivity index (χ4n) is 1.58. The topological polar surface area (TPSA) is 57.2 Å². The number of rotatable bonds is 4. The van der Waals surface area contributed by atoms with Gasteiger partial charge in [0, 0.05) is 33.9 Å². The number of nitrogens with one attached hydrogen (secondary N) is 1. The monoisotopic (exact) mass is 258 g/mol. The van der Waals surface area contributed by atoms with Crippen molar-refractivity contribution >= 4 is 23.5 Å². The highest BCUT2D eigenvalue weighted by atomic mass is 15.3. The van der Waals surface area contributed by atoms with Crippen molar-refractivity contribution in [2.45, 2.75) is 0 Å². The van der Waals surface area contributed by atoms with Gasteiger partial charge < -0.3 is 15.1 Å². The molecule has 0 bridgehead atoms. The third kappa shape index (κ3) is 2.90. The van der Waals surface area contributed by atoms with Crippen molar-refractivity contribution < 1.29 is 0 Å². The van der Waals surface area contributed by atoms with Crippen LogP contribution in [0.2, 0.25) is 0 Å². The fraction of sp³-hybridized carbons (Fsp3) is 0.308. The Morgan fingerprint density at radius 2 is 1.53 bits per heavy atom. The third-order valence-electron chi connectivity index (χ3n) is 2.68. The van der Waals surface area contributed by atoms with E-state index in [2.05, 4.69) is 20.3 Å². The minimum Gasteiger partial charge on any atom is -0.357 e. The minimum atomic E-state index is 0.552. The maximum absolute atomic E-state index is 4.45. The Kier molecular flexibility index (Phi) is 3.79. The smallest absolute Gasteiger partial charge is 0.236 e. The van der Waals surface area contributed by atoms with E-state index in [1.165, 1.54) is 0 Å². The largest absolute Gasteiger partial charge is 0.357 e. The van der Waals surface area contributed by atoms with Crippen molar-refractivity contribution in [3.8, 4) is 0 Å². The third-order valence-corrected chi connectivity index (χ3v) is 2.68. The quantitative estimate of drug-likeness (QED) is 0.901. The summed E-state index contributed by atoms with van der Waals surface area (Å²) in [5, 5.41) is 2.95. The second kappa shape index (κ2) is 5.51. The van der Waals surface area contributed by atoms with E-state index in [0.29, 0.717) is 17.8 Å². The Labute approximate surface area is 113 Å². The fourth-order valence-corrected chi connectivity index (χ4v) is 1.58. The van der Waals surface area contributed by atoms with Gasteiger partial charge in [-0.3, -0.25) is 0 Å². The highest BCUT2D eigenvalue weighted by Gasteiger charge is 2.12. The summed E-state index contributed by atoms with van der Waals surface area (Å²) in [6, 6.07) is 9.98. The lowest BCUT2D eigenvalue weighted by atomic mass is 10.3.